The monoisotopic (exact) mass is 116 g/mol. The molecule has 0 saturated heterocycles. The van der Waals surface area contributed by atoms with E-state index in [1.54, 1.807) is 6.92 Å². The average Bonchev–Trinajstić information content (AvgIpc) is 1.65. The lowest BCUT2D eigenvalue weighted by molar-refractivity contribution is -0.139. The second kappa shape index (κ2) is 3.18. The van der Waals surface area contributed by atoms with Crippen molar-refractivity contribution in [3.8, 4) is 0 Å². The van der Waals surface area contributed by atoms with E-state index in [4.69, 9.17) is 5.11 Å². The number of carbonyl (C=O) groups is 2. The zero-order valence-corrected chi connectivity index (χ0v) is 4.63. The van der Waals surface area contributed by atoms with Crippen molar-refractivity contribution in [2.24, 2.45) is 5.92 Å². The Labute approximate surface area is 47.3 Å². The van der Waals surface area contributed by atoms with Gasteiger partial charge in [-0.15, -0.1) is 0 Å². The topological polar surface area (TPSA) is 54.4 Å². The predicted octanol–water partition coefficient (Wildman–Crippen LogP) is 0.296. The number of carbonyl (C=O) groups excluding carboxylic acids is 1. The van der Waals surface area contributed by atoms with Crippen molar-refractivity contribution in [2.75, 3.05) is 0 Å². The third kappa shape index (κ3) is 3.33. The van der Waals surface area contributed by atoms with Crippen LogP contribution in [0.4, 0.5) is 0 Å². The standard InChI is InChI=1S/C5H8O3/c1-4(3-6)2-5(7)8/h3-4H,2H2,1H3,(H,7,8)/t4-/m1/s1. The van der Waals surface area contributed by atoms with Gasteiger partial charge in [-0.2, -0.15) is 0 Å². The third-order valence-electron chi connectivity index (χ3n) is 0.729. The molecular formula is C5H8O3. The van der Waals surface area contributed by atoms with Crippen LogP contribution in [0, 0.1) is 5.92 Å². The lowest BCUT2D eigenvalue weighted by Gasteiger charge is -1.93. The molecule has 0 aliphatic heterocycles. The minimum atomic E-state index is -0.926. The fraction of sp³-hybridized carbons (Fsp3) is 0.600. The van der Waals surface area contributed by atoms with Crippen molar-refractivity contribution in [1.82, 2.24) is 0 Å². The summed E-state index contributed by atoms with van der Waals surface area (Å²) in [6.45, 7) is 1.57. The molecule has 0 fully saturated rings. The molecule has 3 nitrogen and oxygen atoms in total. The molecule has 1 N–H and O–H groups in total. The second-order valence-corrected chi connectivity index (χ2v) is 1.71. The van der Waals surface area contributed by atoms with Crippen LogP contribution in [-0.2, 0) is 9.59 Å². The maximum atomic E-state index is 9.81. The third-order valence-corrected chi connectivity index (χ3v) is 0.729. The Morgan fingerprint density at radius 2 is 2.38 bits per heavy atom. The molecule has 0 aliphatic rings. The smallest absolute Gasteiger partial charge is 0.304 e. The Hall–Kier alpha value is -0.860. The highest BCUT2D eigenvalue weighted by molar-refractivity contribution is 5.71. The summed E-state index contributed by atoms with van der Waals surface area (Å²) >= 11 is 0. The number of aliphatic carboxylic acids is 1. The van der Waals surface area contributed by atoms with Crippen LogP contribution in [0.15, 0.2) is 0 Å². The number of carboxylic acids is 1. The zero-order chi connectivity index (χ0) is 6.57. The van der Waals surface area contributed by atoms with Crippen LogP contribution in [0.25, 0.3) is 0 Å². The van der Waals surface area contributed by atoms with Crippen molar-refractivity contribution < 1.29 is 14.7 Å². The number of carboxylic acid groups (broad SMARTS) is 1. The molecule has 0 aliphatic carbocycles. The highest BCUT2D eigenvalue weighted by Crippen LogP contribution is 1.94. The van der Waals surface area contributed by atoms with Crippen molar-refractivity contribution in [3.63, 3.8) is 0 Å². The minimum Gasteiger partial charge on any atom is -0.481 e. The Bertz CT molecular complexity index is 97.8. The summed E-state index contributed by atoms with van der Waals surface area (Å²) in [7, 11) is 0. The van der Waals surface area contributed by atoms with Crippen molar-refractivity contribution >= 4 is 12.3 Å². The quantitative estimate of drug-likeness (QED) is 0.539. The second-order valence-electron chi connectivity index (χ2n) is 1.71. The van der Waals surface area contributed by atoms with E-state index in [1.165, 1.54) is 0 Å². The maximum absolute atomic E-state index is 9.81. The van der Waals surface area contributed by atoms with Crippen LogP contribution in [0.5, 0.6) is 0 Å². The van der Waals surface area contributed by atoms with E-state index in [-0.39, 0.29) is 12.3 Å². The molecule has 0 amide bonds. The number of hydrogen-bond acceptors (Lipinski definition) is 2. The molecule has 0 aromatic rings. The van der Waals surface area contributed by atoms with E-state index >= 15 is 0 Å². The zero-order valence-electron chi connectivity index (χ0n) is 4.63. The molecule has 8 heavy (non-hydrogen) atoms. The fourth-order valence-corrected chi connectivity index (χ4v) is 0.324. The summed E-state index contributed by atoms with van der Waals surface area (Å²) < 4.78 is 0. The van der Waals surface area contributed by atoms with Gasteiger partial charge in [0.25, 0.3) is 0 Å². The maximum Gasteiger partial charge on any atom is 0.304 e. The van der Waals surface area contributed by atoms with Crippen LogP contribution >= 0.6 is 0 Å². The van der Waals surface area contributed by atoms with E-state index in [9.17, 15) is 9.59 Å². The molecule has 0 saturated carbocycles. The van der Waals surface area contributed by atoms with E-state index < -0.39 is 5.97 Å². The first-order chi connectivity index (χ1) is 3.66. The highest BCUT2D eigenvalue weighted by Gasteiger charge is 2.03. The molecule has 3 heteroatoms. The van der Waals surface area contributed by atoms with E-state index in [2.05, 4.69) is 0 Å². The summed E-state index contributed by atoms with van der Waals surface area (Å²) in [5, 5.41) is 8.06. The van der Waals surface area contributed by atoms with Crippen molar-refractivity contribution in [2.45, 2.75) is 13.3 Å². The van der Waals surface area contributed by atoms with Crippen LogP contribution in [0.2, 0.25) is 0 Å². The van der Waals surface area contributed by atoms with Gasteiger partial charge in [-0.25, -0.2) is 0 Å². The van der Waals surface area contributed by atoms with Crippen molar-refractivity contribution in [1.29, 1.82) is 0 Å². The highest BCUT2D eigenvalue weighted by atomic mass is 16.4. The van der Waals surface area contributed by atoms with Crippen LogP contribution in [-0.4, -0.2) is 17.4 Å². The Kier molecular flexibility index (Phi) is 2.84. The van der Waals surface area contributed by atoms with Crippen LogP contribution in [0.3, 0.4) is 0 Å². The van der Waals surface area contributed by atoms with Gasteiger partial charge in [0.1, 0.15) is 6.29 Å². The SMILES string of the molecule is C[C@@H](C=O)CC(=O)O. The molecule has 1 atom stereocenters. The number of rotatable bonds is 3. The summed E-state index contributed by atoms with van der Waals surface area (Å²) in [4.78, 5) is 19.6. The van der Waals surface area contributed by atoms with Gasteiger partial charge in [0.05, 0.1) is 6.42 Å². The first kappa shape index (κ1) is 7.14. The van der Waals surface area contributed by atoms with Gasteiger partial charge < -0.3 is 9.90 Å². The van der Waals surface area contributed by atoms with Crippen LogP contribution in [0.1, 0.15) is 13.3 Å². The average molecular weight is 116 g/mol. The summed E-state index contributed by atoms with van der Waals surface area (Å²) in [5.41, 5.74) is 0. The van der Waals surface area contributed by atoms with Crippen LogP contribution < -0.4 is 0 Å². The van der Waals surface area contributed by atoms with Crippen molar-refractivity contribution in [3.05, 3.63) is 0 Å². The molecule has 0 spiro atoms. The molecule has 0 heterocycles. The lowest BCUT2D eigenvalue weighted by atomic mass is 10.1. The Morgan fingerprint density at radius 3 is 2.50 bits per heavy atom. The van der Waals surface area contributed by atoms with E-state index in [1.807, 2.05) is 0 Å². The summed E-state index contributed by atoms with van der Waals surface area (Å²) in [6.07, 6.45) is 0.567. The molecule has 0 aromatic heterocycles. The predicted molar refractivity (Wildman–Crippen MR) is 27.5 cm³/mol. The van der Waals surface area contributed by atoms with Gasteiger partial charge in [-0.05, 0) is 0 Å². The molecule has 0 aromatic carbocycles. The summed E-state index contributed by atoms with van der Waals surface area (Å²) in [6, 6.07) is 0. The number of aldehydes is 1. The molecule has 46 valence electrons. The lowest BCUT2D eigenvalue weighted by Crippen LogP contribution is -2.04. The first-order valence-corrected chi connectivity index (χ1v) is 2.34. The molecule has 0 radical (unpaired) electrons. The fourth-order valence-electron chi connectivity index (χ4n) is 0.324. The molecule has 0 unspecified atom stereocenters. The molecule has 0 rings (SSSR count). The Balaban J connectivity index is 3.38. The molecule has 0 bridgehead atoms. The molecular weight excluding hydrogens is 108 g/mol. The van der Waals surface area contributed by atoms with Gasteiger partial charge in [0.15, 0.2) is 0 Å². The van der Waals surface area contributed by atoms with Gasteiger partial charge in [0.2, 0.25) is 0 Å². The van der Waals surface area contributed by atoms with Gasteiger partial charge in [-0.1, -0.05) is 6.92 Å². The van der Waals surface area contributed by atoms with Gasteiger partial charge in [0, 0.05) is 5.92 Å². The Morgan fingerprint density at radius 1 is 1.88 bits per heavy atom. The van der Waals surface area contributed by atoms with E-state index in [0.29, 0.717) is 6.29 Å². The van der Waals surface area contributed by atoms with Gasteiger partial charge >= 0.3 is 5.97 Å². The minimum absolute atomic E-state index is 0.0660. The number of hydrogen-bond donors (Lipinski definition) is 1. The van der Waals surface area contributed by atoms with E-state index in [0.717, 1.165) is 0 Å². The summed E-state index contributed by atoms with van der Waals surface area (Å²) in [5.74, 6) is -1.28. The first-order valence-electron chi connectivity index (χ1n) is 2.34. The van der Waals surface area contributed by atoms with Gasteiger partial charge in [-0.3, -0.25) is 4.79 Å². The normalized spacial score (nSPS) is 12.6. The largest absolute Gasteiger partial charge is 0.481 e.